The average Bonchev–Trinajstić information content (AvgIpc) is 3.08. The average molecular weight is 410 g/mol. The van der Waals surface area contributed by atoms with Gasteiger partial charge in [0, 0.05) is 38.0 Å². The lowest BCUT2D eigenvalue weighted by Crippen LogP contribution is -2.55. The second-order valence-corrected chi connectivity index (χ2v) is 8.90. The molecule has 0 amide bonds. The van der Waals surface area contributed by atoms with E-state index in [9.17, 15) is 18.0 Å². The second-order valence-electron chi connectivity index (χ2n) is 7.03. The molecule has 0 aliphatic carbocycles. The molecule has 2 saturated heterocycles. The zero-order valence-corrected chi connectivity index (χ0v) is 17.0. The molecule has 2 heterocycles. The fourth-order valence-electron chi connectivity index (χ4n) is 3.77. The van der Waals surface area contributed by atoms with E-state index in [2.05, 4.69) is 0 Å². The highest BCUT2D eigenvalue weighted by Crippen LogP contribution is 2.38. The van der Waals surface area contributed by atoms with Crippen LogP contribution in [0.4, 0.5) is 0 Å². The van der Waals surface area contributed by atoms with Crippen molar-refractivity contribution in [2.45, 2.75) is 37.3 Å². The van der Waals surface area contributed by atoms with Gasteiger partial charge in [-0.25, -0.2) is 8.42 Å². The van der Waals surface area contributed by atoms with E-state index in [1.165, 1.54) is 35.5 Å². The highest BCUT2D eigenvalue weighted by Gasteiger charge is 2.50. The quantitative estimate of drug-likeness (QED) is 0.515. The number of carbonyl (C=O) groups is 2. The van der Waals surface area contributed by atoms with Crippen LogP contribution in [0.2, 0.25) is 0 Å². The normalized spacial score (nSPS) is 20.4. The van der Waals surface area contributed by atoms with Crippen LogP contribution in [0.15, 0.2) is 29.2 Å². The molecule has 0 saturated carbocycles. The molecule has 2 aliphatic heterocycles. The number of ether oxygens (including phenoxy) is 2. The summed E-state index contributed by atoms with van der Waals surface area (Å²) in [5.41, 5.74) is -0.415. The molecule has 3 rings (SSSR count). The van der Waals surface area contributed by atoms with Crippen LogP contribution in [0.5, 0.6) is 0 Å². The summed E-state index contributed by atoms with van der Waals surface area (Å²) in [4.78, 5) is 25.2. The van der Waals surface area contributed by atoms with Gasteiger partial charge in [0.15, 0.2) is 5.78 Å². The standard InChI is InChI=1S/C19H26N2O6S/c1-3-26-18(23)14-20-10-8-19(9-11-20)21(12-13-27-19)28(24,25)17-6-4-16(5-7-17)15(2)22/h4-7H,3,8-14H2,1-2H3. The Morgan fingerprint density at radius 2 is 1.79 bits per heavy atom. The monoisotopic (exact) mass is 410 g/mol. The first-order valence-corrected chi connectivity index (χ1v) is 10.9. The molecular formula is C19H26N2O6S. The predicted octanol–water partition coefficient (Wildman–Crippen LogP) is 1.27. The minimum absolute atomic E-state index is 0.112. The van der Waals surface area contributed by atoms with E-state index < -0.39 is 15.7 Å². The Bertz CT molecular complexity index is 828. The third-order valence-electron chi connectivity index (χ3n) is 5.26. The van der Waals surface area contributed by atoms with Crippen LogP contribution in [0.3, 0.4) is 0 Å². The maximum Gasteiger partial charge on any atom is 0.320 e. The summed E-state index contributed by atoms with van der Waals surface area (Å²) in [6.45, 7) is 5.47. The Hall–Kier alpha value is -1.81. The van der Waals surface area contributed by atoms with Gasteiger partial charge in [0.2, 0.25) is 10.0 Å². The summed E-state index contributed by atoms with van der Waals surface area (Å²) in [5.74, 6) is -0.389. The lowest BCUT2D eigenvalue weighted by atomic mass is 10.0. The van der Waals surface area contributed by atoms with Gasteiger partial charge in [-0.15, -0.1) is 0 Å². The van der Waals surface area contributed by atoms with Crippen molar-refractivity contribution in [2.75, 3.05) is 39.4 Å². The molecular weight excluding hydrogens is 384 g/mol. The first kappa shape index (κ1) is 20.9. The molecule has 0 bridgehead atoms. The van der Waals surface area contributed by atoms with Crippen molar-refractivity contribution in [1.29, 1.82) is 0 Å². The number of ketones is 1. The Morgan fingerprint density at radius 1 is 1.14 bits per heavy atom. The number of nitrogens with zero attached hydrogens (tertiary/aromatic N) is 2. The molecule has 0 aromatic heterocycles. The summed E-state index contributed by atoms with van der Waals surface area (Å²) >= 11 is 0. The van der Waals surface area contributed by atoms with Gasteiger partial charge in [0.25, 0.3) is 0 Å². The lowest BCUT2D eigenvalue weighted by molar-refractivity contribution is -0.147. The number of rotatable bonds is 6. The van der Waals surface area contributed by atoms with E-state index in [4.69, 9.17) is 9.47 Å². The molecule has 1 aromatic carbocycles. The van der Waals surface area contributed by atoms with Crippen LogP contribution < -0.4 is 0 Å². The van der Waals surface area contributed by atoms with E-state index >= 15 is 0 Å². The summed E-state index contributed by atoms with van der Waals surface area (Å²) in [5, 5.41) is 0. The van der Waals surface area contributed by atoms with Gasteiger partial charge in [-0.2, -0.15) is 4.31 Å². The van der Waals surface area contributed by atoms with Gasteiger partial charge in [0.1, 0.15) is 5.72 Å². The number of esters is 1. The van der Waals surface area contributed by atoms with Gasteiger partial charge >= 0.3 is 5.97 Å². The van der Waals surface area contributed by atoms with Crippen molar-refractivity contribution in [3.63, 3.8) is 0 Å². The van der Waals surface area contributed by atoms with Crippen LogP contribution in [-0.4, -0.2) is 74.5 Å². The predicted molar refractivity (Wildman–Crippen MR) is 101 cm³/mol. The maximum absolute atomic E-state index is 13.2. The number of sulfonamides is 1. The molecule has 1 spiro atoms. The number of hydrogen-bond acceptors (Lipinski definition) is 7. The highest BCUT2D eigenvalue weighted by atomic mass is 32.2. The van der Waals surface area contributed by atoms with Crippen molar-refractivity contribution >= 4 is 21.8 Å². The molecule has 28 heavy (non-hydrogen) atoms. The van der Waals surface area contributed by atoms with E-state index in [0.29, 0.717) is 44.7 Å². The van der Waals surface area contributed by atoms with E-state index in [0.717, 1.165) is 0 Å². The van der Waals surface area contributed by atoms with Crippen LogP contribution in [0.25, 0.3) is 0 Å². The van der Waals surface area contributed by atoms with Crippen molar-refractivity contribution in [1.82, 2.24) is 9.21 Å². The van der Waals surface area contributed by atoms with Crippen molar-refractivity contribution in [3.05, 3.63) is 29.8 Å². The number of carbonyl (C=O) groups excluding carboxylic acids is 2. The second kappa shape index (κ2) is 8.28. The van der Waals surface area contributed by atoms with Gasteiger partial charge in [-0.05, 0) is 26.0 Å². The molecule has 154 valence electrons. The first-order chi connectivity index (χ1) is 13.3. The summed E-state index contributed by atoms with van der Waals surface area (Å²) in [6, 6.07) is 5.99. The summed E-state index contributed by atoms with van der Waals surface area (Å²) < 4.78 is 38.7. The Labute approximate surface area is 165 Å². The topological polar surface area (TPSA) is 93.2 Å². The highest BCUT2D eigenvalue weighted by molar-refractivity contribution is 7.89. The molecule has 0 N–H and O–H groups in total. The minimum Gasteiger partial charge on any atom is -0.465 e. The number of likely N-dealkylation sites (tertiary alicyclic amines) is 1. The number of benzene rings is 1. The van der Waals surface area contributed by atoms with Gasteiger partial charge in [-0.3, -0.25) is 14.5 Å². The Kier molecular flexibility index (Phi) is 6.18. The molecule has 1 aromatic rings. The van der Waals surface area contributed by atoms with Gasteiger partial charge in [-0.1, -0.05) is 12.1 Å². The SMILES string of the molecule is CCOC(=O)CN1CCC2(CC1)OCCN2S(=O)(=O)c1ccc(C(C)=O)cc1. The zero-order chi connectivity index (χ0) is 20.4. The fourth-order valence-corrected chi connectivity index (χ4v) is 5.49. The molecule has 0 radical (unpaired) electrons. The van der Waals surface area contributed by atoms with Crippen LogP contribution in [0, 0.1) is 0 Å². The molecule has 0 unspecified atom stereocenters. The van der Waals surface area contributed by atoms with Crippen molar-refractivity contribution in [2.24, 2.45) is 0 Å². The first-order valence-electron chi connectivity index (χ1n) is 9.44. The third-order valence-corrected chi connectivity index (χ3v) is 7.23. The van der Waals surface area contributed by atoms with Crippen LogP contribution in [0.1, 0.15) is 37.0 Å². The van der Waals surface area contributed by atoms with E-state index in [-0.39, 0.29) is 29.7 Å². The smallest absolute Gasteiger partial charge is 0.320 e. The summed E-state index contributed by atoms with van der Waals surface area (Å²) in [7, 11) is -3.75. The van der Waals surface area contributed by atoms with Crippen molar-refractivity contribution in [3.8, 4) is 0 Å². The minimum atomic E-state index is -3.75. The maximum atomic E-state index is 13.2. The molecule has 8 nitrogen and oxygen atoms in total. The number of piperidine rings is 1. The molecule has 2 fully saturated rings. The molecule has 2 aliphatic rings. The number of hydrogen-bond donors (Lipinski definition) is 0. The van der Waals surface area contributed by atoms with Crippen LogP contribution in [-0.2, 0) is 24.3 Å². The lowest BCUT2D eigenvalue weighted by Gasteiger charge is -2.42. The fraction of sp³-hybridized carbons (Fsp3) is 0.579. The van der Waals surface area contributed by atoms with Crippen molar-refractivity contribution < 1.29 is 27.5 Å². The zero-order valence-electron chi connectivity index (χ0n) is 16.2. The van der Waals surface area contributed by atoms with E-state index in [1.807, 2.05) is 4.90 Å². The number of Topliss-reactive ketones (excluding diaryl/α,β-unsaturated/α-hetero) is 1. The van der Waals surface area contributed by atoms with Gasteiger partial charge < -0.3 is 9.47 Å². The van der Waals surface area contributed by atoms with Crippen LogP contribution >= 0.6 is 0 Å². The molecule has 0 atom stereocenters. The Morgan fingerprint density at radius 3 is 2.36 bits per heavy atom. The van der Waals surface area contributed by atoms with Gasteiger partial charge in [0.05, 0.1) is 24.7 Å². The molecule has 9 heteroatoms. The Balaban J connectivity index is 1.73. The largest absolute Gasteiger partial charge is 0.465 e. The summed E-state index contributed by atoms with van der Waals surface area (Å²) in [6.07, 6.45) is 0.967. The van der Waals surface area contributed by atoms with E-state index in [1.54, 1.807) is 6.92 Å². The third kappa shape index (κ3) is 4.12.